The van der Waals surface area contributed by atoms with Gasteiger partial charge in [-0.1, -0.05) is 50.0 Å². The first-order valence-electron chi connectivity index (χ1n) is 8.56. The van der Waals surface area contributed by atoms with Gasteiger partial charge < -0.3 is 9.47 Å². The first kappa shape index (κ1) is 25.5. The summed E-state index contributed by atoms with van der Waals surface area (Å²) in [6.45, 7) is 6.13. The van der Waals surface area contributed by atoms with Gasteiger partial charge in [0.05, 0.1) is 36.2 Å². The van der Waals surface area contributed by atoms with Crippen LogP contribution in [-0.4, -0.2) is 32.1 Å². The van der Waals surface area contributed by atoms with E-state index >= 15 is 0 Å². The van der Waals surface area contributed by atoms with Crippen molar-refractivity contribution in [2.45, 2.75) is 25.7 Å². The van der Waals surface area contributed by atoms with Crippen molar-refractivity contribution >= 4 is 55.0 Å². The van der Waals surface area contributed by atoms with Crippen molar-refractivity contribution in [3.8, 4) is 5.88 Å². The van der Waals surface area contributed by atoms with Gasteiger partial charge in [0.2, 0.25) is 5.82 Å². The highest BCUT2D eigenvalue weighted by Crippen LogP contribution is 2.31. The number of nitrogens with zero attached hydrogens (tertiary/aromatic N) is 2. The molecule has 0 aliphatic rings. The number of anilines is 1. The summed E-state index contributed by atoms with van der Waals surface area (Å²) in [7, 11) is -2.51. The van der Waals surface area contributed by atoms with E-state index in [-0.39, 0.29) is 39.2 Å². The van der Waals surface area contributed by atoms with Crippen LogP contribution in [0, 0.1) is 5.92 Å². The molecule has 1 atom stereocenters. The number of nitrogens with one attached hydrogen (secondary N) is 1. The average molecular weight is 527 g/mol. The summed E-state index contributed by atoms with van der Waals surface area (Å²) < 4.78 is 38.5. The highest BCUT2D eigenvalue weighted by Gasteiger charge is 2.23. The summed E-state index contributed by atoms with van der Waals surface area (Å²) in [4.78, 5) is 7.99. The molecule has 1 aromatic carbocycles. The Morgan fingerprint density at radius 2 is 2.00 bits per heavy atom. The summed E-state index contributed by atoms with van der Waals surface area (Å²) in [5.74, 6) is -0.0570. The maximum Gasteiger partial charge on any atom is 0.264 e. The Morgan fingerprint density at radius 1 is 1.31 bits per heavy atom. The second-order valence-corrected chi connectivity index (χ2v) is 8.60. The molecule has 0 saturated heterocycles. The molecule has 1 unspecified atom stereocenters. The number of sulfonamides is 1. The molecule has 160 valence electrons. The third kappa shape index (κ3) is 7.65. The molecule has 0 spiro atoms. The minimum Gasteiger partial charge on any atom is -0.505 e. The lowest BCUT2D eigenvalue weighted by atomic mass is 10.2. The summed E-state index contributed by atoms with van der Waals surface area (Å²) >= 11 is 15.1. The maximum absolute atomic E-state index is 12.7. The topological polar surface area (TPSA) is 90.4 Å². The fourth-order valence-electron chi connectivity index (χ4n) is 1.87. The monoisotopic (exact) mass is 525 g/mol. The Balaban J connectivity index is 0.00000204. The summed E-state index contributed by atoms with van der Waals surface area (Å²) in [6, 6.07) is 4.31. The Morgan fingerprint density at radius 3 is 2.66 bits per heavy atom. The summed E-state index contributed by atoms with van der Waals surface area (Å²) in [5.41, 5.74) is 0. The van der Waals surface area contributed by atoms with Gasteiger partial charge >= 0.3 is 0 Å². The zero-order valence-electron chi connectivity index (χ0n) is 16.3. The molecular weight excluding hydrogens is 505 g/mol. The molecule has 0 bridgehead atoms. The van der Waals surface area contributed by atoms with Crippen LogP contribution in [0.2, 0.25) is 10.0 Å². The first-order chi connectivity index (χ1) is 13.7. The van der Waals surface area contributed by atoms with Crippen LogP contribution < -0.4 is 9.46 Å². The number of halogens is 3. The van der Waals surface area contributed by atoms with Gasteiger partial charge in [-0.3, -0.25) is 4.72 Å². The van der Waals surface area contributed by atoms with Crippen LogP contribution in [0.1, 0.15) is 20.8 Å². The minimum absolute atomic E-state index is 0.00226. The zero-order valence-corrected chi connectivity index (χ0v) is 20.2. The predicted octanol–water partition coefficient (Wildman–Crippen LogP) is 5.55. The SMILES string of the molecule is CC.CO/C=C\C(C)COc1nc(Br)cnc1NS(=O)(=O)c1cccc(Cl)c1Cl. The van der Waals surface area contributed by atoms with E-state index in [2.05, 4.69) is 30.6 Å². The van der Waals surface area contributed by atoms with E-state index in [1.165, 1.54) is 37.8 Å². The largest absolute Gasteiger partial charge is 0.505 e. The molecule has 0 amide bonds. The van der Waals surface area contributed by atoms with Crippen LogP contribution in [0.4, 0.5) is 5.82 Å². The van der Waals surface area contributed by atoms with E-state index < -0.39 is 10.0 Å². The third-order valence-electron chi connectivity index (χ3n) is 3.17. The first-order valence-corrected chi connectivity index (χ1v) is 11.6. The molecule has 29 heavy (non-hydrogen) atoms. The number of benzene rings is 1. The van der Waals surface area contributed by atoms with Crippen LogP contribution in [-0.2, 0) is 14.8 Å². The highest BCUT2D eigenvalue weighted by molar-refractivity contribution is 9.10. The van der Waals surface area contributed by atoms with Crippen molar-refractivity contribution in [1.82, 2.24) is 9.97 Å². The van der Waals surface area contributed by atoms with Gasteiger partial charge in [-0.05, 0) is 34.1 Å². The highest BCUT2D eigenvalue weighted by atomic mass is 79.9. The van der Waals surface area contributed by atoms with E-state index in [1.54, 1.807) is 6.08 Å². The fraction of sp³-hybridized carbons (Fsp3) is 0.333. The zero-order chi connectivity index (χ0) is 22.0. The van der Waals surface area contributed by atoms with E-state index in [0.29, 0.717) is 4.60 Å². The second kappa shape index (κ2) is 12.2. The van der Waals surface area contributed by atoms with Gasteiger partial charge in [0.1, 0.15) is 9.50 Å². The Labute approximate surface area is 189 Å². The number of hydrogen-bond donors (Lipinski definition) is 1. The molecule has 0 aliphatic heterocycles. The second-order valence-electron chi connectivity index (χ2n) is 5.36. The molecule has 7 nitrogen and oxygen atoms in total. The van der Waals surface area contributed by atoms with E-state index in [1.807, 2.05) is 20.8 Å². The number of aromatic nitrogens is 2. The Kier molecular flexibility index (Phi) is 10.7. The van der Waals surface area contributed by atoms with Crippen molar-refractivity contribution in [3.63, 3.8) is 0 Å². The smallest absolute Gasteiger partial charge is 0.264 e. The molecule has 2 rings (SSSR count). The van der Waals surface area contributed by atoms with E-state index in [9.17, 15) is 8.42 Å². The maximum atomic E-state index is 12.7. The van der Waals surface area contributed by atoms with Crippen LogP contribution >= 0.6 is 39.1 Å². The quantitative estimate of drug-likeness (QED) is 0.453. The van der Waals surface area contributed by atoms with Gasteiger partial charge in [0.15, 0.2) is 0 Å². The number of ether oxygens (including phenoxy) is 2. The summed E-state index contributed by atoms with van der Waals surface area (Å²) in [6.07, 6.45) is 4.67. The van der Waals surface area contributed by atoms with Gasteiger partial charge in [-0.15, -0.1) is 0 Å². The van der Waals surface area contributed by atoms with Crippen molar-refractivity contribution < 1.29 is 17.9 Å². The van der Waals surface area contributed by atoms with E-state index in [4.69, 9.17) is 32.7 Å². The van der Waals surface area contributed by atoms with Crippen LogP contribution in [0.25, 0.3) is 0 Å². The molecule has 0 fully saturated rings. The third-order valence-corrected chi connectivity index (χ3v) is 5.87. The number of rotatable bonds is 8. The fourth-order valence-corrected chi connectivity index (χ4v) is 3.91. The molecule has 2 aromatic rings. The summed E-state index contributed by atoms with van der Waals surface area (Å²) in [5, 5.41) is 0.0363. The Bertz CT molecular complexity index is 943. The van der Waals surface area contributed by atoms with E-state index in [0.717, 1.165) is 0 Å². The van der Waals surface area contributed by atoms with Crippen molar-refractivity contribution in [3.05, 3.63) is 51.4 Å². The molecule has 0 aliphatic carbocycles. The molecule has 11 heteroatoms. The van der Waals surface area contributed by atoms with Gasteiger partial charge in [0.25, 0.3) is 15.9 Å². The molecular formula is C18H22BrCl2N3O4S. The molecule has 1 N–H and O–H groups in total. The van der Waals surface area contributed by atoms with Gasteiger partial charge in [-0.2, -0.15) is 0 Å². The predicted molar refractivity (Wildman–Crippen MR) is 119 cm³/mol. The van der Waals surface area contributed by atoms with Crippen molar-refractivity contribution in [2.24, 2.45) is 5.92 Å². The van der Waals surface area contributed by atoms with Crippen LogP contribution in [0.15, 0.2) is 46.2 Å². The lowest BCUT2D eigenvalue weighted by Crippen LogP contribution is -2.17. The van der Waals surface area contributed by atoms with Crippen molar-refractivity contribution in [2.75, 3.05) is 18.4 Å². The standard InChI is InChI=1S/C16H16BrCl2N3O4S.C2H6/c1-10(6-7-25-2)9-26-16-15(20-8-13(17)21-16)22-27(23,24)12-5-3-4-11(18)14(12)19;1-2/h3-8,10H,9H2,1-2H3,(H,20,22);1-2H3/b7-6-;. The minimum atomic E-state index is -4.05. The number of hydrogen-bond acceptors (Lipinski definition) is 6. The molecule has 1 heterocycles. The lowest BCUT2D eigenvalue weighted by molar-refractivity contribution is 0.269. The normalized spacial score (nSPS) is 12.1. The number of methoxy groups -OCH3 is 1. The van der Waals surface area contributed by atoms with Gasteiger partial charge in [0, 0.05) is 5.92 Å². The lowest BCUT2D eigenvalue weighted by Gasteiger charge is -2.14. The van der Waals surface area contributed by atoms with Crippen molar-refractivity contribution in [1.29, 1.82) is 0 Å². The molecule has 0 radical (unpaired) electrons. The Hall–Kier alpha value is -1.55. The van der Waals surface area contributed by atoms with Crippen LogP contribution in [0.5, 0.6) is 5.88 Å². The molecule has 0 saturated carbocycles. The average Bonchev–Trinajstić information content (AvgIpc) is 2.69. The van der Waals surface area contributed by atoms with Crippen LogP contribution in [0.3, 0.4) is 0 Å². The van der Waals surface area contributed by atoms with Gasteiger partial charge in [-0.25, -0.2) is 18.4 Å². The molecule has 1 aromatic heterocycles.